The van der Waals surface area contributed by atoms with Crippen LogP contribution >= 0.6 is 0 Å². The molecule has 4 heteroatoms. The minimum atomic E-state index is 0.0155. The molecule has 0 saturated carbocycles. The molecule has 0 saturated heterocycles. The van der Waals surface area contributed by atoms with Gasteiger partial charge in [0.05, 0.1) is 0 Å². The fraction of sp³-hybridized carbons (Fsp3) is 0.300. The van der Waals surface area contributed by atoms with Crippen LogP contribution in [0.5, 0.6) is 0 Å². The number of likely N-dealkylation sites (N-methyl/N-ethyl adjacent to an activating group) is 2. The zero-order chi connectivity index (χ0) is 24.7. The summed E-state index contributed by atoms with van der Waals surface area (Å²) in [5, 5.41) is 0. The highest BCUT2D eigenvalue weighted by atomic mass is 16.1. The van der Waals surface area contributed by atoms with Gasteiger partial charge in [-0.2, -0.15) is 0 Å². The second-order valence-electron chi connectivity index (χ2n) is 9.41. The number of rotatable bonds is 10. The van der Waals surface area contributed by atoms with Crippen LogP contribution in [0.25, 0.3) is 17.2 Å². The molecule has 0 fully saturated rings. The van der Waals surface area contributed by atoms with E-state index in [1.54, 1.807) is 6.08 Å². The summed E-state index contributed by atoms with van der Waals surface area (Å²) >= 11 is 0. The number of nitrogens with zero attached hydrogens (tertiary/aromatic N) is 3. The van der Waals surface area contributed by atoms with E-state index in [0.29, 0.717) is 0 Å². The number of aryl methyl sites for hydroxylation is 1. The van der Waals surface area contributed by atoms with Gasteiger partial charge in [0.1, 0.15) is 0 Å². The highest BCUT2D eigenvalue weighted by Crippen LogP contribution is 2.30. The van der Waals surface area contributed by atoms with Gasteiger partial charge in [0.2, 0.25) is 0 Å². The van der Waals surface area contributed by atoms with Crippen molar-refractivity contribution in [2.24, 2.45) is 0 Å². The number of ketones is 1. The molecule has 0 aliphatic carbocycles. The van der Waals surface area contributed by atoms with E-state index in [9.17, 15) is 4.79 Å². The summed E-state index contributed by atoms with van der Waals surface area (Å²) in [7, 11) is 10.3. The fourth-order valence-electron chi connectivity index (χ4n) is 4.04. The Balaban J connectivity index is 1.99. The van der Waals surface area contributed by atoms with Gasteiger partial charge < -0.3 is 14.7 Å². The first-order valence-electron chi connectivity index (χ1n) is 11.8. The summed E-state index contributed by atoms with van der Waals surface area (Å²) in [5.41, 5.74) is 7.36. The van der Waals surface area contributed by atoms with E-state index in [4.69, 9.17) is 0 Å². The average molecular weight is 456 g/mol. The van der Waals surface area contributed by atoms with E-state index in [1.165, 1.54) is 11.1 Å². The Labute approximate surface area is 205 Å². The van der Waals surface area contributed by atoms with Crippen molar-refractivity contribution in [3.8, 4) is 11.1 Å². The third-order valence-electron chi connectivity index (χ3n) is 5.97. The number of allylic oxidation sites excluding steroid dienone is 1. The third-order valence-corrected chi connectivity index (χ3v) is 5.97. The van der Waals surface area contributed by atoms with Crippen LogP contribution in [0.2, 0.25) is 0 Å². The quantitative estimate of drug-likeness (QED) is 0.293. The number of carbonyl (C=O) groups excluding carboxylic acids is 1. The molecule has 3 rings (SSSR count). The molecule has 0 amide bonds. The predicted octanol–water partition coefficient (Wildman–Crippen LogP) is 5.62. The zero-order valence-electron chi connectivity index (χ0n) is 21.4. The smallest absolute Gasteiger partial charge is 0.187 e. The molecule has 0 bridgehead atoms. The molecule has 0 spiro atoms. The van der Waals surface area contributed by atoms with Gasteiger partial charge in [-0.1, -0.05) is 60.7 Å². The summed E-state index contributed by atoms with van der Waals surface area (Å²) in [6.07, 6.45) is 3.67. The van der Waals surface area contributed by atoms with Crippen LogP contribution in [0.3, 0.4) is 0 Å². The van der Waals surface area contributed by atoms with Crippen LogP contribution in [0.15, 0.2) is 72.8 Å². The van der Waals surface area contributed by atoms with Crippen LogP contribution < -0.4 is 4.90 Å². The van der Waals surface area contributed by atoms with Crippen molar-refractivity contribution < 1.29 is 4.79 Å². The van der Waals surface area contributed by atoms with Gasteiger partial charge in [0.15, 0.2) is 5.78 Å². The van der Waals surface area contributed by atoms with Crippen LogP contribution in [-0.2, 0) is 6.54 Å². The highest BCUT2D eigenvalue weighted by Gasteiger charge is 2.15. The van der Waals surface area contributed by atoms with Gasteiger partial charge in [-0.15, -0.1) is 0 Å². The molecule has 0 heterocycles. The molecule has 3 aromatic rings. The maximum absolute atomic E-state index is 13.5. The fourth-order valence-corrected chi connectivity index (χ4v) is 4.04. The normalized spacial score (nSPS) is 11.5. The molecule has 0 aliphatic heterocycles. The van der Waals surface area contributed by atoms with Gasteiger partial charge in [-0.05, 0) is 81.1 Å². The number of anilines is 1. The van der Waals surface area contributed by atoms with E-state index in [0.717, 1.165) is 47.6 Å². The molecule has 3 aromatic carbocycles. The number of hydrogen-bond donors (Lipinski definition) is 0. The van der Waals surface area contributed by atoms with Crippen LogP contribution in [0, 0.1) is 6.92 Å². The van der Waals surface area contributed by atoms with Crippen LogP contribution in [0.4, 0.5) is 5.69 Å². The van der Waals surface area contributed by atoms with Crippen molar-refractivity contribution in [1.29, 1.82) is 0 Å². The summed E-state index contributed by atoms with van der Waals surface area (Å²) in [4.78, 5) is 20.0. The topological polar surface area (TPSA) is 26.8 Å². The largest absolute Gasteiger partial charge is 0.373 e. The van der Waals surface area contributed by atoms with E-state index >= 15 is 0 Å². The Bertz CT molecular complexity index is 1150. The molecular weight excluding hydrogens is 418 g/mol. The molecule has 0 atom stereocenters. The Morgan fingerprint density at radius 3 is 2.24 bits per heavy atom. The molecule has 0 aromatic heterocycles. The molecule has 34 heavy (non-hydrogen) atoms. The van der Waals surface area contributed by atoms with Crippen molar-refractivity contribution in [2.45, 2.75) is 13.5 Å². The van der Waals surface area contributed by atoms with Crippen molar-refractivity contribution in [3.63, 3.8) is 0 Å². The van der Waals surface area contributed by atoms with Gasteiger partial charge >= 0.3 is 0 Å². The first-order chi connectivity index (χ1) is 16.3. The average Bonchev–Trinajstić information content (AvgIpc) is 2.81. The summed E-state index contributed by atoms with van der Waals surface area (Å²) in [6, 6.07) is 22.8. The first-order valence-corrected chi connectivity index (χ1v) is 11.8. The second kappa shape index (κ2) is 11.8. The van der Waals surface area contributed by atoms with Crippen LogP contribution in [-0.4, -0.2) is 63.9 Å². The minimum absolute atomic E-state index is 0.0155. The number of carbonyl (C=O) groups is 1. The Hall–Kier alpha value is -3.21. The van der Waals surface area contributed by atoms with Gasteiger partial charge in [0.25, 0.3) is 0 Å². The van der Waals surface area contributed by atoms with Crippen molar-refractivity contribution in [1.82, 2.24) is 9.80 Å². The maximum atomic E-state index is 13.5. The first kappa shape index (κ1) is 25.4. The predicted molar refractivity (Wildman–Crippen MR) is 146 cm³/mol. The molecule has 178 valence electrons. The zero-order valence-corrected chi connectivity index (χ0v) is 21.4. The van der Waals surface area contributed by atoms with Gasteiger partial charge in [0, 0.05) is 37.9 Å². The second-order valence-corrected chi connectivity index (χ2v) is 9.41. The lowest BCUT2D eigenvalue weighted by Crippen LogP contribution is -2.29. The summed E-state index contributed by atoms with van der Waals surface area (Å²) in [5.74, 6) is 0.0155. The SMILES string of the molecule is Cc1ccccc1-c1ccc(N(C)CCN(C)C)c(C(=O)C=Cc2ccccc2CN(C)C)c1. The highest BCUT2D eigenvalue weighted by molar-refractivity contribution is 6.11. The lowest BCUT2D eigenvalue weighted by atomic mass is 9.96. The van der Waals surface area contributed by atoms with Gasteiger partial charge in [-0.25, -0.2) is 0 Å². The van der Waals surface area contributed by atoms with Crippen LogP contribution in [0.1, 0.15) is 27.0 Å². The minimum Gasteiger partial charge on any atom is -0.373 e. The van der Waals surface area contributed by atoms with Crippen molar-refractivity contribution >= 4 is 17.5 Å². The molecule has 0 N–H and O–H groups in total. The molecular formula is C30H37N3O. The lowest BCUT2D eigenvalue weighted by Gasteiger charge is -2.24. The van der Waals surface area contributed by atoms with E-state index in [2.05, 4.69) is 93.3 Å². The van der Waals surface area contributed by atoms with E-state index in [1.807, 2.05) is 36.4 Å². The number of benzene rings is 3. The molecule has 0 radical (unpaired) electrons. The Morgan fingerprint density at radius 1 is 0.824 bits per heavy atom. The van der Waals surface area contributed by atoms with Crippen molar-refractivity contribution in [2.75, 3.05) is 53.2 Å². The molecule has 0 unspecified atom stereocenters. The van der Waals surface area contributed by atoms with E-state index < -0.39 is 0 Å². The summed E-state index contributed by atoms with van der Waals surface area (Å²) < 4.78 is 0. The van der Waals surface area contributed by atoms with E-state index in [-0.39, 0.29) is 5.78 Å². The standard InChI is InChI=1S/C30H37N3O/c1-23-11-7-10-14-27(23)25-15-17-29(33(6)20-19-31(2)3)28(21-25)30(34)18-16-24-12-8-9-13-26(24)22-32(4)5/h7-18,21H,19-20,22H2,1-6H3. The molecule has 0 aliphatic rings. The number of hydrogen-bond acceptors (Lipinski definition) is 4. The Morgan fingerprint density at radius 2 is 1.53 bits per heavy atom. The maximum Gasteiger partial charge on any atom is 0.187 e. The third kappa shape index (κ3) is 6.66. The molecule has 4 nitrogen and oxygen atoms in total. The van der Waals surface area contributed by atoms with Gasteiger partial charge in [-0.3, -0.25) is 4.79 Å². The summed E-state index contributed by atoms with van der Waals surface area (Å²) in [6.45, 7) is 4.69. The Kier molecular flexibility index (Phi) is 8.80. The van der Waals surface area contributed by atoms with Crippen molar-refractivity contribution in [3.05, 3.63) is 95.1 Å². The lowest BCUT2D eigenvalue weighted by molar-refractivity contribution is 0.104. The monoisotopic (exact) mass is 455 g/mol.